The first-order valence-corrected chi connectivity index (χ1v) is 13.1. The maximum atomic E-state index is 13.2. The Labute approximate surface area is 225 Å². The Morgan fingerprint density at radius 2 is 1.77 bits per heavy atom. The van der Waals surface area contributed by atoms with Crippen LogP contribution in [0.15, 0.2) is 42.7 Å². The molecule has 3 aliphatic heterocycles. The van der Waals surface area contributed by atoms with Gasteiger partial charge in [0.1, 0.15) is 18.3 Å². The first-order chi connectivity index (χ1) is 18.5. The summed E-state index contributed by atoms with van der Waals surface area (Å²) in [5.41, 5.74) is 0.258. The highest BCUT2D eigenvalue weighted by molar-refractivity contribution is 5.94. The number of carbonyl (C=O) groups is 2. The van der Waals surface area contributed by atoms with Crippen LogP contribution in [-0.4, -0.2) is 77.3 Å². The first-order valence-electron chi connectivity index (χ1n) is 13.1. The van der Waals surface area contributed by atoms with Gasteiger partial charge in [-0.25, -0.2) is 4.79 Å². The summed E-state index contributed by atoms with van der Waals surface area (Å²) in [6, 6.07) is 8.88. The zero-order valence-electron chi connectivity index (χ0n) is 22.0. The van der Waals surface area contributed by atoms with E-state index >= 15 is 0 Å². The van der Waals surface area contributed by atoms with Crippen LogP contribution in [0.3, 0.4) is 0 Å². The maximum absolute atomic E-state index is 13.2. The van der Waals surface area contributed by atoms with Gasteiger partial charge in [0, 0.05) is 55.1 Å². The van der Waals surface area contributed by atoms with E-state index in [1.54, 1.807) is 29.4 Å². The van der Waals surface area contributed by atoms with Crippen LogP contribution in [-0.2, 0) is 16.1 Å². The quantitative estimate of drug-likeness (QED) is 0.530. The molecule has 1 aromatic heterocycles. The molecule has 4 heterocycles. The molecular weight excluding hydrogens is 515 g/mol. The summed E-state index contributed by atoms with van der Waals surface area (Å²) in [6.07, 6.45) is -1.53. The number of benzene rings is 1. The lowest BCUT2D eigenvalue weighted by Gasteiger charge is -2.51. The number of amides is 1. The molecule has 3 aliphatic rings. The lowest BCUT2D eigenvalue weighted by Crippen LogP contribution is -2.57. The topological polar surface area (TPSA) is 81.2 Å². The molecular formula is C28H32F3N3O5. The number of rotatable bonds is 4. The highest BCUT2D eigenvalue weighted by atomic mass is 19.4. The fourth-order valence-corrected chi connectivity index (χ4v) is 5.71. The van der Waals surface area contributed by atoms with Gasteiger partial charge in [-0.05, 0) is 57.9 Å². The molecule has 11 heteroatoms. The number of hydrogen-bond donors (Lipinski definition) is 0. The van der Waals surface area contributed by atoms with Crippen molar-refractivity contribution in [1.82, 2.24) is 14.8 Å². The molecule has 2 aromatic rings. The molecule has 1 amide bonds. The van der Waals surface area contributed by atoms with Crippen LogP contribution in [0.1, 0.15) is 49.0 Å². The lowest BCUT2D eigenvalue weighted by atomic mass is 9.69. The zero-order valence-corrected chi connectivity index (χ0v) is 22.0. The summed E-state index contributed by atoms with van der Waals surface area (Å²) in [5.74, 6) is -1.07. The van der Waals surface area contributed by atoms with E-state index in [4.69, 9.17) is 14.2 Å². The van der Waals surface area contributed by atoms with Crippen LogP contribution in [0.4, 0.5) is 13.2 Å². The van der Waals surface area contributed by atoms with Crippen molar-refractivity contribution >= 4 is 11.9 Å². The molecule has 0 N–H and O–H groups in total. The molecule has 0 radical (unpaired) electrons. The number of aromatic nitrogens is 1. The van der Waals surface area contributed by atoms with Gasteiger partial charge in [0.25, 0.3) is 5.91 Å². The van der Waals surface area contributed by atoms with E-state index in [0.29, 0.717) is 69.1 Å². The largest absolute Gasteiger partial charge is 0.490 e. The molecule has 0 saturated carbocycles. The van der Waals surface area contributed by atoms with Crippen LogP contribution in [0.2, 0.25) is 0 Å². The Morgan fingerprint density at radius 1 is 1.08 bits per heavy atom. The van der Waals surface area contributed by atoms with Crippen LogP contribution in [0.25, 0.3) is 0 Å². The van der Waals surface area contributed by atoms with Gasteiger partial charge in [-0.1, -0.05) is 12.1 Å². The second kappa shape index (κ2) is 10.3. The third-order valence-corrected chi connectivity index (χ3v) is 7.89. The van der Waals surface area contributed by atoms with E-state index in [0.717, 1.165) is 5.56 Å². The van der Waals surface area contributed by atoms with E-state index in [-0.39, 0.29) is 12.5 Å². The Kier molecular flexibility index (Phi) is 7.21. The number of likely N-dealkylation sites (tertiary alicyclic amines) is 2. The second-order valence-corrected chi connectivity index (χ2v) is 11.2. The summed E-state index contributed by atoms with van der Waals surface area (Å²) in [7, 11) is 0. The Morgan fingerprint density at radius 3 is 2.46 bits per heavy atom. The number of carbonyl (C=O) groups excluding carboxylic acids is 2. The number of nitrogens with zero attached hydrogens (tertiary/aromatic N) is 3. The van der Waals surface area contributed by atoms with Gasteiger partial charge in [0.15, 0.2) is 11.5 Å². The number of piperidine rings is 2. The number of pyridine rings is 1. The Bertz CT molecular complexity index is 1210. The smallest absolute Gasteiger partial charge is 0.485 e. The minimum atomic E-state index is -5.09. The van der Waals surface area contributed by atoms with Crippen molar-refractivity contribution in [1.29, 1.82) is 0 Å². The van der Waals surface area contributed by atoms with Crippen molar-refractivity contribution in [2.24, 2.45) is 5.41 Å². The van der Waals surface area contributed by atoms with Crippen LogP contribution >= 0.6 is 0 Å². The minimum absolute atomic E-state index is 0.146. The van der Waals surface area contributed by atoms with Gasteiger partial charge < -0.3 is 19.1 Å². The summed E-state index contributed by atoms with van der Waals surface area (Å²) >= 11 is 0. The summed E-state index contributed by atoms with van der Waals surface area (Å²) < 4.78 is 56.9. The summed E-state index contributed by atoms with van der Waals surface area (Å²) in [6.45, 7) is 6.15. The van der Waals surface area contributed by atoms with Crippen LogP contribution in [0, 0.1) is 5.41 Å². The van der Waals surface area contributed by atoms with Gasteiger partial charge in [-0.2, -0.15) is 13.2 Å². The third kappa shape index (κ3) is 5.83. The van der Waals surface area contributed by atoms with Crippen molar-refractivity contribution in [2.75, 3.05) is 32.8 Å². The predicted molar refractivity (Wildman–Crippen MR) is 134 cm³/mol. The molecule has 2 saturated heterocycles. The van der Waals surface area contributed by atoms with E-state index in [9.17, 15) is 22.8 Å². The molecule has 39 heavy (non-hydrogen) atoms. The van der Waals surface area contributed by atoms with Crippen molar-refractivity contribution in [2.45, 2.75) is 57.5 Å². The summed E-state index contributed by atoms with van der Waals surface area (Å²) in [5, 5.41) is 0. The van der Waals surface area contributed by atoms with Gasteiger partial charge in [0.05, 0.1) is 0 Å². The zero-order chi connectivity index (χ0) is 27.8. The Hall–Kier alpha value is -3.34. The standard InChI is InChI=1S/C28H32F3N3O5/c1-26(2)18-37-23-20(4-3-5-21(23)39-26)16-33-13-8-27(22(17-33)38-25(36)28(29,30)31)9-14-34(15-10-27)24(35)19-6-11-32-12-7-19/h3-7,11-12,22H,8-10,13-18H2,1-2H3. The first kappa shape index (κ1) is 27.2. The van der Waals surface area contributed by atoms with Gasteiger partial charge in [-0.3, -0.25) is 14.7 Å². The SMILES string of the molecule is CC1(C)COc2c(CN3CCC4(CCN(C(=O)c5ccncc5)CC4)C(OC(=O)C(F)(F)F)C3)cccc2O1. The maximum Gasteiger partial charge on any atom is 0.490 e. The normalized spacial score (nSPS) is 22.4. The highest BCUT2D eigenvalue weighted by Gasteiger charge is 2.51. The number of fused-ring (bicyclic) bond motifs is 1. The molecule has 210 valence electrons. The number of hydrogen-bond acceptors (Lipinski definition) is 7. The fourth-order valence-electron chi connectivity index (χ4n) is 5.71. The van der Waals surface area contributed by atoms with E-state index in [2.05, 4.69) is 4.98 Å². The molecule has 1 aromatic carbocycles. The molecule has 1 atom stereocenters. The highest BCUT2D eigenvalue weighted by Crippen LogP contribution is 2.45. The van der Waals surface area contributed by atoms with Crippen LogP contribution in [0.5, 0.6) is 11.5 Å². The monoisotopic (exact) mass is 547 g/mol. The van der Waals surface area contributed by atoms with Crippen molar-refractivity contribution in [3.05, 3.63) is 53.9 Å². The van der Waals surface area contributed by atoms with Gasteiger partial charge >= 0.3 is 12.1 Å². The number of para-hydroxylation sites is 1. The molecule has 5 rings (SSSR count). The molecule has 8 nitrogen and oxygen atoms in total. The number of halogens is 3. The van der Waals surface area contributed by atoms with Gasteiger partial charge in [-0.15, -0.1) is 0 Å². The molecule has 1 spiro atoms. The number of alkyl halides is 3. The van der Waals surface area contributed by atoms with E-state index < -0.39 is 29.3 Å². The second-order valence-electron chi connectivity index (χ2n) is 11.2. The molecule has 0 aliphatic carbocycles. The number of ether oxygens (including phenoxy) is 3. The predicted octanol–water partition coefficient (Wildman–Crippen LogP) is 4.23. The van der Waals surface area contributed by atoms with Crippen molar-refractivity contribution in [3.8, 4) is 11.5 Å². The molecule has 2 fully saturated rings. The Balaban J connectivity index is 1.31. The molecule has 0 bridgehead atoms. The van der Waals surface area contributed by atoms with Crippen molar-refractivity contribution in [3.63, 3.8) is 0 Å². The van der Waals surface area contributed by atoms with E-state index in [1.807, 2.05) is 36.9 Å². The average Bonchev–Trinajstić information content (AvgIpc) is 2.90. The fraction of sp³-hybridized carbons (Fsp3) is 0.536. The van der Waals surface area contributed by atoms with Gasteiger partial charge in [0.2, 0.25) is 0 Å². The lowest BCUT2D eigenvalue weighted by molar-refractivity contribution is -0.216. The third-order valence-electron chi connectivity index (χ3n) is 7.89. The van der Waals surface area contributed by atoms with Crippen molar-refractivity contribution < 1.29 is 37.0 Å². The number of esters is 1. The van der Waals surface area contributed by atoms with Crippen LogP contribution < -0.4 is 9.47 Å². The minimum Gasteiger partial charge on any atom is -0.485 e. The van der Waals surface area contributed by atoms with E-state index in [1.165, 1.54) is 0 Å². The average molecular weight is 548 g/mol. The molecule has 1 unspecified atom stereocenters. The summed E-state index contributed by atoms with van der Waals surface area (Å²) in [4.78, 5) is 32.5.